The number of aromatic nitrogens is 4. The fraction of sp³-hybridized carbons (Fsp3) is 0.381. The number of ketones is 1. The summed E-state index contributed by atoms with van der Waals surface area (Å²) in [6.07, 6.45) is 2.18. The average molecular weight is 473 g/mol. The Labute approximate surface area is 190 Å². The molecule has 2 aromatic heterocycles. The van der Waals surface area contributed by atoms with E-state index in [0.717, 1.165) is 15.9 Å². The van der Waals surface area contributed by atoms with Gasteiger partial charge in [-0.15, -0.1) is 0 Å². The number of hydrogen-bond donors (Lipinski definition) is 2. The van der Waals surface area contributed by atoms with Gasteiger partial charge in [0.25, 0.3) is 10.0 Å². The predicted molar refractivity (Wildman–Crippen MR) is 119 cm³/mol. The number of Topliss-reactive ketones (excluding diaryl/α,β-unsaturated/α-hetero) is 1. The van der Waals surface area contributed by atoms with Crippen LogP contribution in [0.3, 0.4) is 0 Å². The van der Waals surface area contributed by atoms with Crippen molar-refractivity contribution in [3.63, 3.8) is 0 Å². The van der Waals surface area contributed by atoms with Crippen LogP contribution in [0.15, 0.2) is 41.7 Å². The smallest absolute Gasteiger partial charge is 0.407 e. The number of imidazole rings is 1. The summed E-state index contributed by atoms with van der Waals surface area (Å²) in [5.74, 6) is -0.240. The van der Waals surface area contributed by atoms with Crippen LogP contribution < -0.4 is 5.32 Å². The molecule has 11 nitrogen and oxygen atoms in total. The maximum atomic E-state index is 12.9. The molecule has 3 heterocycles. The minimum Gasteiger partial charge on any atom is -0.465 e. The SMILES string of the molecule is CC[C@@H]1CN(C(=O)O)C[C@@H]1C(=O)CNc1cnc2c(ncn2S(=O)(=O)c2ccc(C)cc2)n1. The predicted octanol–water partition coefficient (Wildman–Crippen LogP) is 1.99. The number of carbonyl (C=O) groups is 2. The summed E-state index contributed by atoms with van der Waals surface area (Å²) in [6.45, 7) is 4.29. The van der Waals surface area contributed by atoms with Crippen LogP contribution in [0.4, 0.5) is 10.6 Å². The lowest BCUT2D eigenvalue weighted by molar-refractivity contribution is -0.121. The fourth-order valence-electron chi connectivity index (χ4n) is 3.98. The minimum atomic E-state index is -3.89. The van der Waals surface area contributed by atoms with Gasteiger partial charge in [-0.3, -0.25) is 4.79 Å². The van der Waals surface area contributed by atoms with Crippen molar-refractivity contribution in [1.82, 2.24) is 23.8 Å². The monoisotopic (exact) mass is 472 g/mol. The molecule has 0 radical (unpaired) electrons. The second kappa shape index (κ2) is 8.77. The van der Waals surface area contributed by atoms with Crippen LogP contribution in [0.25, 0.3) is 11.3 Å². The number of rotatable bonds is 7. The fourth-order valence-corrected chi connectivity index (χ4v) is 5.21. The summed E-state index contributed by atoms with van der Waals surface area (Å²) in [5.41, 5.74) is 1.13. The molecule has 1 aliphatic heterocycles. The van der Waals surface area contributed by atoms with E-state index in [1.54, 1.807) is 12.1 Å². The zero-order valence-corrected chi connectivity index (χ0v) is 19.0. The van der Waals surface area contributed by atoms with E-state index in [0.29, 0.717) is 13.0 Å². The number of carboxylic acid groups (broad SMARTS) is 1. The largest absolute Gasteiger partial charge is 0.465 e. The Bertz CT molecular complexity index is 1300. The number of likely N-dealkylation sites (tertiary alicyclic amines) is 1. The Kier molecular flexibility index (Phi) is 6.02. The summed E-state index contributed by atoms with van der Waals surface area (Å²) < 4.78 is 26.9. The first-order chi connectivity index (χ1) is 15.7. The van der Waals surface area contributed by atoms with Crippen molar-refractivity contribution in [2.24, 2.45) is 11.8 Å². The summed E-state index contributed by atoms with van der Waals surface area (Å²) in [4.78, 5) is 37.9. The molecule has 0 bridgehead atoms. The molecule has 2 atom stereocenters. The zero-order chi connectivity index (χ0) is 23.8. The molecule has 0 unspecified atom stereocenters. The van der Waals surface area contributed by atoms with Crippen molar-refractivity contribution in [2.45, 2.75) is 25.2 Å². The Hall–Kier alpha value is -3.54. The van der Waals surface area contributed by atoms with Crippen molar-refractivity contribution in [3.05, 3.63) is 42.4 Å². The highest BCUT2D eigenvalue weighted by Crippen LogP contribution is 2.27. The van der Waals surface area contributed by atoms with Crippen LogP contribution >= 0.6 is 0 Å². The topological polar surface area (TPSA) is 147 Å². The van der Waals surface area contributed by atoms with Crippen LogP contribution in [0, 0.1) is 18.8 Å². The number of benzene rings is 1. The van der Waals surface area contributed by atoms with Crippen LogP contribution in [0.5, 0.6) is 0 Å². The number of hydrogen-bond acceptors (Lipinski definition) is 8. The van der Waals surface area contributed by atoms with Gasteiger partial charge in [0, 0.05) is 19.0 Å². The second-order valence-electron chi connectivity index (χ2n) is 8.04. The quantitative estimate of drug-likeness (QED) is 0.527. The van der Waals surface area contributed by atoms with Crippen LogP contribution in [-0.4, -0.2) is 68.9 Å². The van der Waals surface area contributed by atoms with E-state index in [1.807, 2.05) is 13.8 Å². The summed E-state index contributed by atoms with van der Waals surface area (Å²) >= 11 is 0. The Balaban J connectivity index is 1.49. The molecule has 1 aliphatic rings. The molecule has 4 rings (SSSR count). The van der Waals surface area contributed by atoms with E-state index in [9.17, 15) is 23.1 Å². The number of aryl methyl sites for hydroxylation is 1. The summed E-state index contributed by atoms with van der Waals surface area (Å²) in [7, 11) is -3.89. The number of anilines is 1. The Morgan fingerprint density at radius 1 is 1.18 bits per heavy atom. The number of fused-ring (bicyclic) bond motifs is 1. The molecule has 3 aromatic rings. The van der Waals surface area contributed by atoms with Crippen molar-refractivity contribution < 1.29 is 23.1 Å². The lowest BCUT2D eigenvalue weighted by Crippen LogP contribution is -2.30. The van der Waals surface area contributed by atoms with E-state index in [1.165, 1.54) is 23.2 Å². The molecule has 1 aromatic carbocycles. The number of carbonyl (C=O) groups excluding carboxylic acids is 1. The lowest BCUT2D eigenvalue weighted by Gasteiger charge is -2.15. The molecular formula is C21H24N6O5S. The zero-order valence-electron chi connectivity index (χ0n) is 18.2. The molecule has 0 spiro atoms. The Morgan fingerprint density at radius 3 is 2.58 bits per heavy atom. The molecule has 0 saturated carbocycles. The van der Waals surface area contributed by atoms with Gasteiger partial charge in [0.15, 0.2) is 17.1 Å². The molecule has 12 heteroatoms. The van der Waals surface area contributed by atoms with E-state index >= 15 is 0 Å². The first kappa shape index (κ1) is 22.6. The molecular weight excluding hydrogens is 448 g/mol. The third kappa shape index (κ3) is 4.38. The minimum absolute atomic E-state index is 0.0216. The molecule has 1 saturated heterocycles. The van der Waals surface area contributed by atoms with Gasteiger partial charge in [-0.1, -0.05) is 31.0 Å². The van der Waals surface area contributed by atoms with E-state index < -0.39 is 16.1 Å². The average Bonchev–Trinajstić information content (AvgIpc) is 3.42. The first-order valence-electron chi connectivity index (χ1n) is 10.5. The maximum Gasteiger partial charge on any atom is 0.407 e. The third-order valence-electron chi connectivity index (χ3n) is 5.90. The standard InChI is InChI=1S/C21H24N6O5S/c1-3-14-10-26(21(29)30)11-16(14)17(28)8-22-18-9-23-20-19(25-18)24-12-27(20)33(31,32)15-6-4-13(2)5-7-15/h4-7,9,12,14,16H,3,8,10-11H2,1-2H3,(H,22,25)(H,29,30)/t14-,16+/m1/s1. The van der Waals surface area contributed by atoms with Crippen molar-refractivity contribution in [3.8, 4) is 0 Å². The molecule has 0 aliphatic carbocycles. The van der Waals surface area contributed by atoms with Gasteiger partial charge < -0.3 is 15.3 Å². The van der Waals surface area contributed by atoms with E-state index in [-0.39, 0.29) is 52.7 Å². The summed E-state index contributed by atoms with van der Waals surface area (Å²) in [5, 5.41) is 12.1. The van der Waals surface area contributed by atoms with Crippen molar-refractivity contribution >= 4 is 39.0 Å². The number of nitrogens with zero attached hydrogens (tertiary/aromatic N) is 5. The first-order valence-corrected chi connectivity index (χ1v) is 11.9. The number of amides is 1. The van der Waals surface area contributed by atoms with Gasteiger partial charge in [-0.25, -0.2) is 32.1 Å². The van der Waals surface area contributed by atoms with Crippen molar-refractivity contribution in [2.75, 3.05) is 25.0 Å². The van der Waals surface area contributed by atoms with Crippen molar-refractivity contribution in [1.29, 1.82) is 0 Å². The molecule has 1 fully saturated rings. The highest BCUT2D eigenvalue weighted by atomic mass is 32.2. The van der Waals surface area contributed by atoms with E-state index in [4.69, 9.17) is 0 Å². The molecule has 174 valence electrons. The van der Waals surface area contributed by atoms with Gasteiger partial charge in [0.1, 0.15) is 12.1 Å². The van der Waals surface area contributed by atoms with E-state index in [2.05, 4.69) is 20.3 Å². The Morgan fingerprint density at radius 2 is 1.91 bits per heavy atom. The van der Waals surface area contributed by atoms with Crippen LogP contribution in [0.2, 0.25) is 0 Å². The molecule has 2 N–H and O–H groups in total. The third-order valence-corrected chi connectivity index (χ3v) is 7.55. The highest BCUT2D eigenvalue weighted by molar-refractivity contribution is 7.90. The summed E-state index contributed by atoms with van der Waals surface area (Å²) in [6, 6.07) is 6.45. The lowest BCUT2D eigenvalue weighted by atomic mass is 9.90. The number of nitrogens with one attached hydrogen (secondary N) is 1. The van der Waals surface area contributed by atoms with Gasteiger partial charge in [-0.05, 0) is 25.0 Å². The van der Waals surface area contributed by atoms with Gasteiger partial charge in [0.05, 0.1) is 17.6 Å². The van der Waals surface area contributed by atoms with Gasteiger partial charge in [0.2, 0.25) is 0 Å². The normalized spacial score (nSPS) is 18.5. The highest BCUT2D eigenvalue weighted by Gasteiger charge is 2.38. The van der Waals surface area contributed by atoms with Crippen LogP contribution in [0.1, 0.15) is 18.9 Å². The van der Waals surface area contributed by atoms with Gasteiger partial charge >= 0.3 is 6.09 Å². The second-order valence-corrected chi connectivity index (χ2v) is 9.86. The molecule has 1 amide bonds. The maximum absolute atomic E-state index is 12.9. The van der Waals surface area contributed by atoms with Gasteiger partial charge in [-0.2, -0.15) is 0 Å². The van der Waals surface area contributed by atoms with Crippen LogP contribution in [-0.2, 0) is 14.8 Å². The molecule has 33 heavy (non-hydrogen) atoms.